The summed E-state index contributed by atoms with van der Waals surface area (Å²) in [5, 5.41) is 9.48. The van der Waals surface area contributed by atoms with Crippen molar-refractivity contribution in [3.05, 3.63) is 53.4 Å². The van der Waals surface area contributed by atoms with Crippen LogP contribution in [0.4, 0.5) is 10.1 Å². The maximum atomic E-state index is 13.0. The summed E-state index contributed by atoms with van der Waals surface area (Å²) < 4.78 is 18.3. The maximum Gasteiger partial charge on any atom is 0.268 e. The third kappa shape index (κ3) is 3.32. The molecule has 1 N–H and O–H groups in total. The Morgan fingerprint density at radius 1 is 1.29 bits per heavy atom. The molecule has 124 valence electrons. The summed E-state index contributed by atoms with van der Waals surface area (Å²) in [6, 6.07) is 10.9. The van der Waals surface area contributed by atoms with Gasteiger partial charge >= 0.3 is 0 Å². The van der Waals surface area contributed by atoms with E-state index in [-0.39, 0.29) is 5.82 Å². The van der Waals surface area contributed by atoms with Crippen LogP contribution in [0.2, 0.25) is 0 Å². The molecule has 24 heavy (non-hydrogen) atoms. The van der Waals surface area contributed by atoms with Crippen LogP contribution in [0.5, 0.6) is 0 Å². The fourth-order valence-electron chi connectivity index (χ4n) is 2.88. The highest BCUT2D eigenvalue weighted by Gasteiger charge is 2.23. The number of benzene rings is 1. The molecule has 2 aromatic heterocycles. The molecular formula is C17H17FN4OS. The van der Waals surface area contributed by atoms with Crippen LogP contribution in [0.15, 0.2) is 46.3 Å². The Morgan fingerprint density at radius 2 is 2.17 bits per heavy atom. The average molecular weight is 344 g/mol. The van der Waals surface area contributed by atoms with Gasteiger partial charge in [0.1, 0.15) is 5.82 Å². The predicted octanol–water partition coefficient (Wildman–Crippen LogP) is 3.31. The zero-order valence-electron chi connectivity index (χ0n) is 13.0. The molecule has 4 rings (SSSR count). The normalized spacial score (nSPS) is 17.5. The molecule has 1 saturated heterocycles. The molecule has 1 aliphatic heterocycles. The fraction of sp³-hybridized carbons (Fsp3) is 0.294. The molecule has 1 aromatic carbocycles. The minimum absolute atomic E-state index is 0.203. The van der Waals surface area contributed by atoms with Crippen molar-refractivity contribution >= 4 is 17.0 Å². The van der Waals surface area contributed by atoms with Crippen molar-refractivity contribution in [3.63, 3.8) is 0 Å². The Hall–Kier alpha value is -2.25. The number of anilines is 1. The Kier molecular flexibility index (Phi) is 4.27. The first kappa shape index (κ1) is 15.3. The molecule has 1 atom stereocenters. The topological polar surface area (TPSA) is 54.2 Å². The molecule has 0 spiro atoms. The zero-order chi connectivity index (χ0) is 16.4. The van der Waals surface area contributed by atoms with Gasteiger partial charge in [0.25, 0.3) is 5.89 Å². The van der Waals surface area contributed by atoms with Gasteiger partial charge in [-0.25, -0.2) is 4.39 Å². The zero-order valence-corrected chi connectivity index (χ0v) is 13.8. The van der Waals surface area contributed by atoms with Gasteiger partial charge in [-0.1, -0.05) is 11.2 Å². The predicted molar refractivity (Wildman–Crippen MR) is 91.5 cm³/mol. The van der Waals surface area contributed by atoms with Gasteiger partial charge in [-0.2, -0.15) is 4.98 Å². The van der Waals surface area contributed by atoms with Crippen molar-refractivity contribution in [1.29, 1.82) is 0 Å². The molecular weight excluding hydrogens is 327 g/mol. The number of hydrogen-bond donors (Lipinski definition) is 1. The second-order valence-electron chi connectivity index (χ2n) is 5.78. The first-order valence-electron chi connectivity index (χ1n) is 7.88. The lowest BCUT2D eigenvalue weighted by Crippen LogP contribution is -2.32. The lowest BCUT2D eigenvalue weighted by molar-refractivity contribution is 0.416. The Labute approximate surface area is 143 Å². The minimum Gasteiger partial charge on any atom is -0.370 e. The third-order valence-corrected chi connectivity index (χ3v) is 4.99. The molecule has 1 unspecified atom stereocenters. The van der Waals surface area contributed by atoms with Crippen LogP contribution in [-0.2, 0) is 6.54 Å². The van der Waals surface area contributed by atoms with Crippen molar-refractivity contribution < 1.29 is 8.91 Å². The van der Waals surface area contributed by atoms with Crippen LogP contribution in [0, 0.1) is 5.82 Å². The maximum absolute atomic E-state index is 13.0. The highest BCUT2D eigenvalue weighted by Crippen LogP contribution is 2.23. The second kappa shape index (κ2) is 6.70. The Balaban J connectivity index is 1.32. The summed E-state index contributed by atoms with van der Waals surface area (Å²) in [5.74, 6) is 1.03. The number of nitrogens with zero attached hydrogens (tertiary/aromatic N) is 3. The van der Waals surface area contributed by atoms with Crippen LogP contribution in [0.1, 0.15) is 12.2 Å². The van der Waals surface area contributed by atoms with E-state index in [9.17, 15) is 4.39 Å². The van der Waals surface area contributed by atoms with Crippen molar-refractivity contribution in [2.75, 3.05) is 18.0 Å². The summed E-state index contributed by atoms with van der Waals surface area (Å²) in [4.78, 5) is 7.65. The molecule has 7 heteroatoms. The Bertz CT molecular complexity index is 787. The highest BCUT2D eigenvalue weighted by molar-refractivity contribution is 7.13. The quantitative estimate of drug-likeness (QED) is 0.770. The van der Waals surface area contributed by atoms with Gasteiger partial charge in [0.15, 0.2) is 5.82 Å². The summed E-state index contributed by atoms with van der Waals surface area (Å²) in [6.07, 6.45) is 1.03. The van der Waals surface area contributed by atoms with Gasteiger partial charge in [0.05, 0.1) is 11.4 Å². The fourth-order valence-corrected chi connectivity index (χ4v) is 3.52. The van der Waals surface area contributed by atoms with Gasteiger partial charge in [-0.3, -0.25) is 0 Å². The monoisotopic (exact) mass is 344 g/mol. The number of nitrogens with one attached hydrogen (secondary N) is 1. The number of halogens is 1. The van der Waals surface area contributed by atoms with Gasteiger partial charge in [0, 0.05) is 24.8 Å². The van der Waals surface area contributed by atoms with Gasteiger partial charge in [0.2, 0.25) is 0 Å². The second-order valence-corrected chi connectivity index (χ2v) is 6.73. The summed E-state index contributed by atoms with van der Waals surface area (Å²) in [7, 11) is 0. The molecule has 0 saturated carbocycles. The van der Waals surface area contributed by atoms with Crippen LogP contribution in [-0.4, -0.2) is 29.3 Å². The van der Waals surface area contributed by atoms with Gasteiger partial charge < -0.3 is 14.7 Å². The first-order chi connectivity index (χ1) is 11.8. The van der Waals surface area contributed by atoms with Gasteiger partial charge in [-0.05, 0) is 42.1 Å². The van der Waals surface area contributed by atoms with E-state index in [2.05, 4.69) is 20.4 Å². The number of hydrogen-bond acceptors (Lipinski definition) is 6. The summed E-state index contributed by atoms with van der Waals surface area (Å²) >= 11 is 1.58. The standard InChI is InChI=1S/C17H17FN4OS/c18-12-3-5-14(6-4-12)22-8-7-13(11-22)19-10-16-20-17(23-21-16)15-2-1-9-24-15/h1-6,9,13,19H,7-8,10-11H2. The van der Waals surface area contributed by atoms with Crippen molar-refractivity contribution in [3.8, 4) is 10.8 Å². The molecule has 3 heterocycles. The van der Waals surface area contributed by atoms with E-state index >= 15 is 0 Å². The van der Waals surface area contributed by atoms with Crippen molar-refractivity contribution in [2.45, 2.75) is 19.0 Å². The summed E-state index contributed by atoms with van der Waals surface area (Å²) in [5.41, 5.74) is 1.06. The van der Waals surface area contributed by atoms with Crippen LogP contribution in [0.25, 0.3) is 10.8 Å². The Morgan fingerprint density at radius 3 is 2.96 bits per heavy atom. The van der Waals surface area contributed by atoms with Crippen molar-refractivity contribution in [1.82, 2.24) is 15.5 Å². The first-order valence-corrected chi connectivity index (χ1v) is 8.76. The van der Waals surface area contributed by atoms with E-state index < -0.39 is 0 Å². The van der Waals surface area contributed by atoms with E-state index in [1.54, 1.807) is 11.3 Å². The molecule has 5 nitrogen and oxygen atoms in total. The number of thiophene rings is 1. The van der Waals surface area contributed by atoms with Crippen molar-refractivity contribution in [2.24, 2.45) is 0 Å². The average Bonchev–Trinajstić information content (AvgIpc) is 3.34. The minimum atomic E-state index is -0.203. The molecule has 0 bridgehead atoms. The lowest BCUT2D eigenvalue weighted by atomic mass is 10.2. The third-order valence-electron chi connectivity index (χ3n) is 4.13. The summed E-state index contributed by atoms with van der Waals surface area (Å²) in [6.45, 7) is 2.42. The lowest BCUT2D eigenvalue weighted by Gasteiger charge is -2.18. The molecule has 0 amide bonds. The molecule has 1 fully saturated rings. The van der Waals surface area contributed by atoms with Crippen LogP contribution < -0.4 is 10.2 Å². The smallest absolute Gasteiger partial charge is 0.268 e. The van der Waals surface area contributed by atoms with Gasteiger partial charge in [-0.15, -0.1) is 11.3 Å². The molecule has 0 radical (unpaired) electrons. The van der Waals surface area contributed by atoms with E-state index in [1.807, 2.05) is 29.6 Å². The van der Waals surface area contributed by atoms with E-state index in [1.165, 1.54) is 12.1 Å². The van der Waals surface area contributed by atoms with Crippen LogP contribution >= 0.6 is 11.3 Å². The van der Waals surface area contributed by atoms with Crippen LogP contribution in [0.3, 0.4) is 0 Å². The number of rotatable bonds is 5. The molecule has 3 aromatic rings. The van der Waals surface area contributed by atoms with E-state index in [0.717, 1.165) is 30.1 Å². The largest absolute Gasteiger partial charge is 0.370 e. The molecule has 1 aliphatic rings. The van der Waals surface area contributed by atoms with E-state index in [0.29, 0.717) is 24.3 Å². The van der Waals surface area contributed by atoms with E-state index in [4.69, 9.17) is 4.52 Å². The molecule has 0 aliphatic carbocycles. The SMILES string of the molecule is Fc1ccc(N2CCC(NCc3noc(-c4cccs4)n3)C2)cc1. The number of aromatic nitrogens is 2. The highest BCUT2D eigenvalue weighted by atomic mass is 32.1.